The smallest absolute Gasteiger partial charge is 0.219 e. The number of benzene rings is 1. The first-order chi connectivity index (χ1) is 12.1. The lowest BCUT2D eigenvalue weighted by molar-refractivity contribution is -0.130. The Morgan fingerprint density at radius 1 is 1.12 bits per heavy atom. The molecule has 2 aliphatic rings. The molecule has 1 aromatic carbocycles. The third kappa shape index (κ3) is 3.18. The van der Waals surface area contributed by atoms with E-state index in [1.54, 1.807) is 6.92 Å². The molecule has 1 unspecified atom stereocenters. The first-order valence-electron chi connectivity index (χ1n) is 9.10. The molecule has 1 saturated heterocycles. The van der Waals surface area contributed by atoms with Gasteiger partial charge in [0.25, 0.3) is 0 Å². The highest BCUT2D eigenvalue weighted by atomic mass is 35.5. The molecule has 0 radical (unpaired) electrons. The van der Waals surface area contributed by atoms with Gasteiger partial charge in [0.15, 0.2) is 0 Å². The molecule has 4 heteroatoms. The maximum Gasteiger partial charge on any atom is 0.219 e. The molecule has 1 amide bonds. The van der Waals surface area contributed by atoms with Crippen LogP contribution in [0.1, 0.15) is 47.9 Å². The van der Waals surface area contributed by atoms with Crippen LogP contribution in [0, 0.1) is 5.92 Å². The Morgan fingerprint density at radius 2 is 1.88 bits per heavy atom. The van der Waals surface area contributed by atoms with Gasteiger partial charge in [-0.05, 0) is 72.1 Å². The molecule has 0 saturated carbocycles. The first kappa shape index (κ1) is 16.6. The van der Waals surface area contributed by atoms with Gasteiger partial charge in [0, 0.05) is 43.3 Å². The summed E-state index contributed by atoms with van der Waals surface area (Å²) in [5.41, 5.74) is 5.53. The molecule has 130 valence electrons. The van der Waals surface area contributed by atoms with Crippen molar-refractivity contribution in [3.63, 3.8) is 0 Å². The van der Waals surface area contributed by atoms with Gasteiger partial charge in [-0.25, -0.2) is 0 Å². The highest BCUT2D eigenvalue weighted by Gasteiger charge is 2.33. The second kappa shape index (κ2) is 6.80. The summed E-state index contributed by atoms with van der Waals surface area (Å²) in [6.45, 7) is 3.38. The maximum absolute atomic E-state index is 11.7. The molecular formula is C21H23ClN2O. The Morgan fingerprint density at radius 3 is 2.64 bits per heavy atom. The monoisotopic (exact) mass is 354 g/mol. The molecule has 1 fully saturated rings. The minimum absolute atomic E-state index is 0.188. The zero-order valence-electron chi connectivity index (χ0n) is 14.5. The van der Waals surface area contributed by atoms with Crippen molar-refractivity contribution in [1.82, 2.24) is 9.88 Å². The fourth-order valence-electron chi connectivity index (χ4n) is 4.53. The molecule has 0 N–H and O–H groups in total. The quantitative estimate of drug-likeness (QED) is 0.768. The van der Waals surface area contributed by atoms with E-state index < -0.39 is 0 Å². The number of likely N-dealkylation sites (tertiary alicyclic amines) is 1. The van der Waals surface area contributed by atoms with E-state index in [1.807, 2.05) is 17.2 Å². The van der Waals surface area contributed by atoms with E-state index >= 15 is 0 Å². The van der Waals surface area contributed by atoms with Gasteiger partial charge in [-0.15, -0.1) is 0 Å². The number of carbonyl (C=O) groups is 1. The van der Waals surface area contributed by atoms with Crippen LogP contribution in [0.4, 0.5) is 0 Å². The van der Waals surface area contributed by atoms with Crippen molar-refractivity contribution in [3.8, 4) is 0 Å². The molecule has 2 aromatic rings. The van der Waals surface area contributed by atoms with Gasteiger partial charge >= 0.3 is 0 Å². The minimum Gasteiger partial charge on any atom is -0.343 e. The summed E-state index contributed by atoms with van der Waals surface area (Å²) in [5.74, 6) is 1.08. The van der Waals surface area contributed by atoms with Crippen molar-refractivity contribution in [2.75, 3.05) is 13.1 Å². The average molecular weight is 355 g/mol. The van der Waals surface area contributed by atoms with Crippen LogP contribution in [0.5, 0.6) is 0 Å². The van der Waals surface area contributed by atoms with Crippen LogP contribution in [-0.4, -0.2) is 28.9 Å². The zero-order chi connectivity index (χ0) is 17.4. The van der Waals surface area contributed by atoms with Crippen LogP contribution in [0.15, 0.2) is 36.7 Å². The van der Waals surface area contributed by atoms with E-state index in [2.05, 4.69) is 29.4 Å². The minimum atomic E-state index is 0.188. The number of carbonyl (C=O) groups excluding carboxylic acids is 1. The van der Waals surface area contributed by atoms with E-state index in [9.17, 15) is 4.79 Å². The maximum atomic E-state index is 11.7. The summed E-state index contributed by atoms with van der Waals surface area (Å²) in [7, 11) is 0. The molecule has 0 spiro atoms. The number of hydrogen-bond acceptors (Lipinski definition) is 2. The predicted octanol–water partition coefficient (Wildman–Crippen LogP) is 4.22. The van der Waals surface area contributed by atoms with Crippen LogP contribution in [-0.2, 0) is 17.6 Å². The number of aryl methyl sites for hydroxylation is 2. The Kier molecular flexibility index (Phi) is 4.51. The largest absolute Gasteiger partial charge is 0.343 e. The molecular weight excluding hydrogens is 332 g/mol. The zero-order valence-corrected chi connectivity index (χ0v) is 15.3. The van der Waals surface area contributed by atoms with Crippen molar-refractivity contribution in [2.24, 2.45) is 5.92 Å². The van der Waals surface area contributed by atoms with E-state index in [1.165, 1.54) is 22.3 Å². The third-order valence-corrected chi connectivity index (χ3v) is 6.08. The Balaban J connectivity index is 1.74. The van der Waals surface area contributed by atoms with E-state index in [0.29, 0.717) is 11.8 Å². The predicted molar refractivity (Wildman–Crippen MR) is 99.9 cm³/mol. The van der Waals surface area contributed by atoms with Gasteiger partial charge in [-0.3, -0.25) is 9.78 Å². The molecule has 2 heterocycles. The molecule has 1 aliphatic carbocycles. The summed E-state index contributed by atoms with van der Waals surface area (Å²) >= 11 is 6.27. The Labute approximate surface area is 154 Å². The summed E-state index contributed by atoms with van der Waals surface area (Å²) < 4.78 is 0. The molecule has 25 heavy (non-hydrogen) atoms. The average Bonchev–Trinajstić information content (AvgIpc) is 2.78. The number of piperidine rings is 1. The van der Waals surface area contributed by atoms with E-state index in [0.717, 1.165) is 43.8 Å². The second-order valence-electron chi connectivity index (χ2n) is 7.24. The third-order valence-electron chi connectivity index (χ3n) is 5.84. The van der Waals surface area contributed by atoms with Crippen LogP contribution in [0.25, 0.3) is 0 Å². The molecule has 0 bridgehead atoms. The number of fused-ring (bicyclic) bond motifs is 2. The lowest BCUT2D eigenvalue weighted by atomic mass is 9.75. The number of nitrogens with zero attached hydrogens (tertiary/aromatic N) is 2. The van der Waals surface area contributed by atoms with Crippen LogP contribution >= 0.6 is 11.6 Å². The molecule has 1 aromatic heterocycles. The van der Waals surface area contributed by atoms with Crippen LogP contribution < -0.4 is 0 Å². The van der Waals surface area contributed by atoms with Crippen molar-refractivity contribution in [2.45, 2.75) is 38.5 Å². The first-order valence-corrected chi connectivity index (χ1v) is 9.48. The number of rotatable bonds is 1. The molecule has 4 rings (SSSR count). The van der Waals surface area contributed by atoms with Crippen molar-refractivity contribution < 1.29 is 4.79 Å². The molecule has 3 nitrogen and oxygen atoms in total. The highest BCUT2D eigenvalue weighted by molar-refractivity contribution is 6.30. The van der Waals surface area contributed by atoms with Crippen molar-refractivity contribution in [1.29, 1.82) is 0 Å². The van der Waals surface area contributed by atoms with Gasteiger partial charge in [-0.2, -0.15) is 0 Å². The molecule has 1 atom stereocenters. The number of hydrogen-bond donors (Lipinski definition) is 0. The lowest BCUT2D eigenvalue weighted by Crippen LogP contribution is -2.38. The summed E-state index contributed by atoms with van der Waals surface area (Å²) in [6, 6.07) is 8.52. The van der Waals surface area contributed by atoms with Crippen molar-refractivity contribution >= 4 is 17.5 Å². The van der Waals surface area contributed by atoms with Gasteiger partial charge in [0.2, 0.25) is 5.91 Å². The topological polar surface area (TPSA) is 33.2 Å². The number of amides is 1. The normalized spacial score (nSPS) is 20.6. The van der Waals surface area contributed by atoms with E-state index in [4.69, 9.17) is 11.6 Å². The number of aromatic nitrogens is 1. The van der Waals surface area contributed by atoms with Gasteiger partial charge in [0.1, 0.15) is 0 Å². The standard InChI is InChI=1S/C21H23ClN2O/c1-14(25)24-10-7-16(8-11-24)21-19-5-4-18(22)12-17(19)3-2-15-6-9-23-13-20(15)21/h4-6,9,12-13,16,21H,2-3,7-8,10-11H2,1H3. The number of halogens is 1. The van der Waals surface area contributed by atoms with Crippen molar-refractivity contribution in [3.05, 3.63) is 63.9 Å². The fraction of sp³-hybridized carbons (Fsp3) is 0.429. The van der Waals surface area contributed by atoms with Crippen LogP contribution in [0.3, 0.4) is 0 Å². The summed E-state index contributed by atoms with van der Waals surface area (Å²) in [5, 5.41) is 0.813. The van der Waals surface area contributed by atoms with Crippen LogP contribution in [0.2, 0.25) is 5.02 Å². The Hall–Kier alpha value is -1.87. The second-order valence-corrected chi connectivity index (χ2v) is 7.68. The number of pyridine rings is 1. The summed E-state index contributed by atoms with van der Waals surface area (Å²) in [6.07, 6.45) is 8.10. The lowest BCUT2D eigenvalue weighted by Gasteiger charge is -2.36. The van der Waals surface area contributed by atoms with Gasteiger partial charge in [0.05, 0.1) is 0 Å². The van der Waals surface area contributed by atoms with Gasteiger partial charge < -0.3 is 4.90 Å². The highest BCUT2D eigenvalue weighted by Crippen LogP contribution is 2.43. The fourth-order valence-corrected chi connectivity index (χ4v) is 4.72. The van der Waals surface area contributed by atoms with E-state index in [-0.39, 0.29) is 5.91 Å². The molecule has 1 aliphatic heterocycles. The Bertz CT molecular complexity index is 796. The van der Waals surface area contributed by atoms with Gasteiger partial charge in [-0.1, -0.05) is 17.7 Å². The SMILES string of the molecule is CC(=O)N1CCC(C2c3ccc(Cl)cc3CCc3ccncc32)CC1. The summed E-state index contributed by atoms with van der Waals surface area (Å²) in [4.78, 5) is 18.1.